The number of nitrogens with zero attached hydrogens (tertiary/aromatic N) is 2. The van der Waals surface area contributed by atoms with Crippen LogP contribution in [-0.2, 0) is 10.1 Å². The minimum absolute atomic E-state index is 0.0162. The Bertz CT molecular complexity index is 1130. The fourth-order valence-electron chi connectivity index (χ4n) is 3.37. The lowest BCUT2D eigenvalue weighted by Crippen LogP contribution is -2.44. The van der Waals surface area contributed by atoms with Crippen LogP contribution in [0.3, 0.4) is 0 Å². The summed E-state index contributed by atoms with van der Waals surface area (Å²) in [5, 5.41) is 13.2. The topological polar surface area (TPSA) is 129 Å². The largest absolute Gasteiger partial charge is 0.477 e. The predicted molar refractivity (Wildman–Crippen MR) is 108 cm³/mol. The SMILES string of the molecule is CC1Sc2c(C(=O)O)c(=O)c3cc(F)c(N4CCNCC4)cc3n21.CS(=O)(=O)O. The van der Waals surface area contributed by atoms with Crippen molar-refractivity contribution in [3.05, 3.63) is 33.7 Å². The summed E-state index contributed by atoms with van der Waals surface area (Å²) in [4.78, 5) is 25.9. The number of nitrogens with one attached hydrogen (secondary N) is 1. The van der Waals surface area contributed by atoms with Crippen LogP contribution in [0.5, 0.6) is 0 Å². The number of aromatic nitrogens is 1. The Kier molecular flexibility index (Phi) is 5.90. The summed E-state index contributed by atoms with van der Waals surface area (Å²) >= 11 is 1.35. The Balaban J connectivity index is 0.000000431. The molecule has 0 saturated carbocycles. The molecule has 2 aliphatic rings. The number of hydrogen-bond acceptors (Lipinski definition) is 7. The van der Waals surface area contributed by atoms with E-state index in [1.54, 1.807) is 6.07 Å². The predicted octanol–water partition coefficient (Wildman–Crippen LogP) is 1.38. The minimum Gasteiger partial charge on any atom is -0.477 e. The highest BCUT2D eigenvalue weighted by Crippen LogP contribution is 2.46. The van der Waals surface area contributed by atoms with E-state index in [0.717, 1.165) is 13.1 Å². The van der Waals surface area contributed by atoms with Gasteiger partial charge in [0.15, 0.2) is 0 Å². The Morgan fingerprint density at radius 3 is 2.41 bits per heavy atom. The van der Waals surface area contributed by atoms with E-state index in [2.05, 4.69) is 5.32 Å². The molecule has 0 amide bonds. The van der Waals surface area contributed by atoms with E-state index in [-0.39, 0.29) is 16.3 Å². The number of fused-ring (bicyclic) bond motifs is 3. The number of rotatable bonds is 2. The van der Waals surface area contributed by atoms with E-state index in [9.17, 15) is 27.5 Å². The lowest BCUT2D eigenvalue weighted by Gasteiger charge is -2.34. The minimum atomic E-state index is -3.67. The van der Waals surface area contributed by atoms with Gasteiger partial charge in [-0.05, 0) is 19.1 Å². The maximum atomic E-state index is 14.6. The van der Waals surface area contributed by atoms with Crippen molar-refractivity contribution in [2.24, 2.45) is 0 Å². The summed E-state index contributed by atoms with van der Waals surface area (Å²) in [5.41, 5.74) is 0.181. The molecule has 29 heavy (non-hydrogen) atoms. The van der Waals surface area contributed by atoms with Gasteiger partial charge in [0.1, 0.15) is 11.4 Å². The van der Waals surface area contributed by atoms with Crippen molar-refractivity contribution in [1.82, 2.24) is 9.88 Å². The van der Waals surface area contributed by atoms with Gasteiger partial charge >= 0.3 is 5.97 Å². The molecule has 1 saturated heterocycles. The molecule has 158 valence electrons. The maximum absolute atomic E-state index is 14.6. The molecular weight excluding hydrogens is 425 g/mol. The van der Waals surface area contributed by atoms with Crippen LogP contribution in [0, 0.1) is 5.82 Å². The summed E-state index contributed by atoms with van der Waals surface area (Å²) in [7, 11) is -3.67. The van der Waals surface area contributed by atoms with Crippen LogP contribution in [0.2, 0.25) is 0 Å². The van der Waals surface area contributed by atoms with Crippen LogP contribution in [0.25, 0.3) is 10.9 Å². The van der Waals surface area contributed by atoms with Gasteiger partial charge in [-0.3, -0.25) is 9.35 Å². The fraction of sp³-hybridized carbons (Fsp3) is 0.412. The second kappa shape index (κ2) is 7.94. The molecule has 1 aromatic carbocycles. The van der Waals surface area contributed by atoms with Gasteiger partial charge in [-0.1, -0.05) is 11.8 Å². The Hall–Kier alpha value is -2.15. The van der Waals surface area contributed by atoms with Gasteiger partial charge in [0.05, 0.1) is 27.9 Å². The third kappa shape index (κ3) is 4.39. The number of carboxylic acids is 1. The van der Waals surface area contributed by atoms with E-state index >= 15 is 0 Å². The highest BCUT2D eigenvalue weighted by molar-refractivity contribution is 8.00. The van der Waals surface area contributed by atoms with Crippen molar-refractivity contribution < 1.29 is 27.3 Å². The zero-order valence-electron chi connectivity index (χ0n) is 15.7. The number of anilines is 1. The molecule has 4 rings (SSSR count). The first-order valence-corrected chi connectivity index (χ1v) is 11.4. The number of aromatic carboxylic acids is 1. The van der Waals surface area contributed by atoms with Crippen LogP contribution in [0.4, 0.5) is 10.1 Å². The summed E-state index contributed by atoms with van der Waals surface area (Å²) in [5.74, 6) is -1.75. The Morgan fingerprint density at radius 1 is 1.31 bits per heavy atom. The standard InChI is InChI=1S/C16H16FN3O3S.CH4O3S/c1-8-20-11-7-12(19-4-2-18-3-5-19)10(17)6-9(11)14(21)13(16(22)23)15(20)24-8;1-5(2,3)4/h6-8,18H,2-5H2,1H3,(H,22,23);1H3,(H,2,3,4). The first kappa shape index (κ1) is 21.6. The molecule has 2 aliphatic heterocycles. The van der Waals surface area contributed by atoms with Gasteiger partial charge in [0, 0.05) is 31.6 Å². The van der Waals surface area contributed by atoms with E-state index in [1.807, 2.05) is 16.4 Å². The van der Waals surface area contributed by atoms with Gasteiger partial charge in [-0.15, -0.1) is 0 Å². The normalized spacial score (nSPS) is 18.5. The third-order valence-corrected chi connectivity index (χ3v) is 5.72. The molecule has 12 heteroatoms. The van der Waals surface area contributed by atoms with E-state index in [0.29, 0.717) is 35.6 Å². The summed E-state index contributed by atoms with van der Waals surface area (Å²) in [6.07, 6.45) is 0.715. The van der Waals surface area contributed by atoms with E-state index < -0.39 is 27.3 Å². The molecule has 0 spiro atoms. The smallest absolute Gasteiger partial charge is 0.342 e. The Labute approximate surface area is 170 Å². The number of piperazine rings is 1. The molecule has 0 radical (unpaired) electrons. The van der Waals surface area contributed by atoms with Crippen LogP contribution >= 0.6 is 11.8 Å². The molecule has 1 unspecified atom stereocenters. The first-order chi connectivity index (χ1) is 13.5. The van der Waals surface area contributed by atoms with E-state index in [4.69, 9.17) is 4.55 Å². The first-order valence-electron chi connectivity index (χ1n) is 8.69. The van der Waals surface area contributed by atoms with Gasteiger partial charge in [-0.2, -0.15) is 8.42 Å². The molecule has 0 aliphatic carbocycles. The zero-order chi connectivity index (χ0) is 21.5. The molecule has 2 aromatic rings. The molecule has 1 fully saturated rings. The van der Waals surface area contributed by atoms with Crippen LogP contribution in [-0.4, -0.2) is 61.0 Å². The highest BCUT2D eigenvalue weighted by Gasteiger charge is 2.33. The quantitative estimate of drug-likeness (QED) is 0.587. The summed E-state index contributed by atoms with van der Waals surface area (Å²) in [6, 6.07) is 2.87. The monoisotopic (exact) mass is 445 g/mol. The van der Waals surface area contributed by atoms with Crippen molar-refractivity contribution in [3.8, 4) is 0 Å². The number of hydrogen-bond donors (Lipinski definition) is 3. The average molecular weight is 445 g/mol. The number of thioether (sulfide) groups is 1. The number of halogens is 1. The second-order valence-corrected chi connectivity index (χ2v) is 9.46. The van der Waals surface area contributed by atoms with Crippen molar-refractivity contribution in [1.29, 1.82) is 0 Å². The summed E-state index contributed by atoms with van der Waals surface area (Å²) < 4.78 is 42.3. The number of pyridine rings is 1. The maximum Gasteiger partial charge on any atom is 0.342 e. The second-order valence-electron chi connectivity index (χ2n) is 6.69. The highest BCUT2D eigenvalue weighted by atomic mass is 32.2. The molecule has 1 aromatic heterocycles. The lowest BCUT2D eigenvalue weighted by atomic mass is 10.1. The van der Waals surface area contributed by atoms with Gasteiger partial charge in [0.25, 0.3) is 10.1 Å². The van der Waals surface area contributed by atoms with Gasteiger partial charge in [-0.25, -0.2) is 9.18 Å². The Morgan fingerprint density at radius 2 is 1.90 bits per heavy atom. The molecular formula is C17H20FN3O6S2. The van der Waals surface area contributed by atoms with Crippen LogP contribution in [0.1, 0.15) is 22.7 Å². The van der Waals surface area contributed by atoms with Crippen molar-refractivity contribution >= 4 is 44.4 Å². The summed E-state index contributed by atoms with van der Waals surface area (Å²) in [6.45, 7) is 4.87. The lowest BCUT2D eigenvalue weighted by molar-refractivity contribution is 0.0689. The van der Waals surface area contributed by atoms with Crippen molar-refractivity contribution in [3.63, 3.8) is 0 Å². The third-order valence-electron chi connectivity index (χ3n) is 4.55. The molecule has 9 nitrogen and oxygen atoms in total. The number of carboxylic acid groups (broad SMARTS) is 1. The van der Waals surface area contributed by atoms with E-state index in [1.165, 1.54) is 17.8 Å². The van der Waals surface area contributed by atoms with Crippen molar-refractivity contribution in [2.75, 3.05) is 37.3 Å². The van der Waals surface area contributed by atoms with Crippen LogP contribution < -0.4 is 15.6 Å². The molecule has 1 atom stereocenters. The number of benzene rings is 1. The molecule has 3 heterocycles. The zero-order valence-corrected chi connectivity index (χ0v) is 17.3. The van der Waals surface area contributed by atoms with Crippen LogP contribution in [0.15, 0.2) is 22.0 Å². The molecule has 3 N–H and O–H groups in total. The van der Waals surface area contributed by atoms with Gasteiger partial charge < -0.3 is 19.9 Å². The fourth-order valence-corrected chi connectivity index (χ4v) is 4.53. The number of carbonyl (C=O) groups is 1. The average Bonchev–Trinajstić information content (AvgIpc) is 2.60. The van der Waals surface area contributed by atoms with Crippen molar-refractivity contribution in [2.45, 2.75) is 17.3 Å². The molecule has 0 bridgehead atoms. The van der Waals surface area contributed by atoms with Gasteiger partial charge in [0.2, 0.25) is 5.43 Å².